The Morgan fingerprint density at radius 2 is 1.84 bits per heavy atom. The SMILES string of the molecule is O=C(Nc1ccc(OC(F)(F)F)cc1)[C@@H]1CCN(S(=O)(=O)c2ccccc2Cl)[C@@H](CO)C1. The van der Waals surface area contributed by atoms with Crippen molar-refractivity contribution in [1.29, 1.82) is 0 Å². The zero-order valence-corrected chi connectivity index (χ0v) is 18.1. The standard InChI is InChI=1S/C20H20ClF3N2O5S/c21-17-3-1-2-4-18(17)32(29,30)26-10-9-13(11-15(26)12-27)19(28)25-14-5-7-16(8-6-14)31-20(22,23)24/h1-8,13,15,27H,9-12H2,(H,25,28)/t13-,15-/m1/s1. The molecule has 2 atom stereocenters. The third-order valence-corrected chi connectivity index (χ3v) is 7.47. The summed E-state index contributed by atoms with van der Waals surface area (Å²) in [7, 11) is -3.98. The number of ether oxygens (including phenoxy) is 1. The van der Waals surface area contributed by atoms with Gasteiger partial charge in [-0.1, -0.05) is 23.7 Å². The normalized spacial score (nSPS) is 20.0. The van der Waals surface area contributed by atoms with Crippen molar-refractivity contribution in [1.82, 2.24) is 4.31 Å². The summed E-state index contributed by atoms with van der Waals surface area (Å²) in [5.74, 6) is -1.45. The zero-order chi connectivity index (χ0) is 23.5. The van der Waals surface area contributed by atoms with Crippen molar-refractivity contribution in [3.8, 4) is 5.75 Å². The molecule has 1 fully saturated rings. The van der Waals surface area contributed by atoms with Crippen molar-refractivity contribution in [3.05, 3.63) is 53.6 Å². The Hall–Kier alpha value is -2.34. The summed E-state index contributed by atoms with van der Waals surface area (Å²) < 4.78 is 67.7. The number of anilines is 1. The lowest BCUT2D eigenvalue weighted by atomic mass is 9.92. The first-order valence-electron chi connectivity index (χ1n) is 9.55. The van der Waals surface area contributed by atoms with Crippen LogP contribution in [0.4, 0.5) is 18.9 Å². The summed E-state index contributed by atoms with van der Waals surface area (Å²) in [6.45, 7) is -0.494. The maximum Gasteiger partial charge on any atom is 0.573 e. The highest BCUT2D eigenvalue weighted by Crippen LogP contribution is 2.32. The number of benzene rings is 2. The van der Waals surface area contributed by atoms with Crippen LogP contribution in [0.2, 0.25) is 5.02 Å². The highest BCUT2D eigenvalue weighted by molar-refractivity contribution is 7.89. The highest BCUT2D eigenvalue weighted by atomic mass is 35.5. The van der Waals surface area contributed by atoms with E-state index in [0.717, 1.165) is 16.4 Å². The van der Waals surface area contributed by atoms with E-state index in [0.29, 0.717) is 0 Å². The molecule has 0 aromatic heterocycles. The van der Waals surface area contributed by atoms with Crippen molar-refractivity contribution < 1.29 is 36.2 Å². The molecular weight excluding hydrogens is 473 g/mol. The van der Waals surface area contributed by atoms with E-state index in [1.165, 1.54) is 30.3 Å². The largest absolute Gasteiger partial charge is 0.573 e. The molecule has 0 aliphatic carbocycles. The van der Waals surface area contributed by atoms with Gasteiger partial charge in [0.2, 0.25) is 15.9 Å². The third-order valence-electron chi connectivity index (χ3n) is 5.02. The third kappa shape index (κ3) is 5.71. The molecule has 0 spiro atoms. The molecule has 2 aromatic rings. The molecule has 0 saturated carbocycles. The van der Waals surface area contributed by atoms with E-state index < -0.39 is 46.6 Å². The number of nitrogens with one attached hydrogen (secondary N) is 1. The lowest BCUT2D eigenvalue weighted by Crippen LogP contribution is -2.49. The van der Waals surface area contributed by atoms with Crippen molar-refractivity contribution in [2.75, 3.05) is 18.5 Å². The summed E-state index contributed by atoms with van der Waals surface area (Å²) >= 11 is 6.03. The Kier molecular flexibility index (Phi) is 7.33. The second kappa shape index (κ2) is 9.65. The molecule has 1 aliphatic heterocycles. The van der Waals surface area contributed by atoms with Gasteiger partial charge < -0.3 is 15.2 Å². The van der Waals surface area contributed by atoms with Crippen LogP contribution < -0.4 is 10.1 Å². The summed E-state index contributed by atoms with van der Waals surface area (Å²) in [5, 5.41) is 12.4. The van der Waals surface area contributed by atoms with E-state index in [1.54, 1.807) is 6.07 Å². The van der Waals surface area contributed by atoms with Crippen LogP contribution in [0.25, 0.3) is 0 Å². The van der Waals surface area contributed by atoms with Gasteiger partial charge in [0.05, 0.1) is 11.6 Å². The maximum absolute atomic E-state index is 13.0. The van der Waals surface area contributed by atoms with Crippen LogP contribution in [0.1, 0.15) is 12.8 Å². The molecule has 12 heteroatoms. The molecule has 174 valence electrons. The van der Waals surface area contributed by atoms with E-state index in [1.807, 2.05) is 0 Å². The van der Waals surface area contributed by atoms with E-state index in [9.17, 15) is 31.5 Å². The Bertz CT molecular complexity index is 1060. The van der Waals surface area contributed by atoms with Crippen LogP contribution in [-0.4, -0.2) is 49.3 Å². The Morgan fingerprint density at radius 3 is 2.44 bits per heavy atom. The average Bonchev–Trinajstić information content (AvgIpc) is 2.73. The summed E-state index contributed by atoms with van der Waals surface area (Å²) in [5.41, 5.74) is 0.260. The Labute approximate surface area is 187 Å². The first kappa shape index (κ1) is 24.3. The molecular formula is C20H20ClF3N2O5S. The second-order valence-electron chi connectivity index (χ2n) is 7.17. The number of piperidine rings is 1. The fourth-order valence-corrected chi connectivity index (χ4v) is 5.65. The number of hydrogen-bond acceptors (Lipinski definition) is 5. The van der Waals surface area contributed by atoms with E-state index in [4.69, 9.17) is 11.6 Å². The molecule has 2 N–H and O–H groups in total. The maximum atomic E-state index is 13.0. The molecule has 1 heterocycles. The number of carbonyl (C=O) groups excluding carboxylic acids is 1. The molecule has 1 amide bonds. The molecule has 32 heavy (non-hydrogen) atoms. The van der Waals surface area contributed by atoms with Crippen LogP contribution in [-0.2, 0) is 14.8 Å². The Balaban J connectivity index is 1.67. The van der Waals surface area contributed by atoms with Gasteiger partial charge in [0.1, 0.15) is 10.6 Å². The minimum absolute atomic E-state index is 0.00473. The lowest BCUT2D eigenvalue weighted by molar-refractivity contribution is -0.274. The first-order valence-corrected chi connectivity index (χ1v) is 11.4. The van der Waals surface area contributed by atoms with Crippen molar-refractivity contribution >= 4 is 33.2 Å². The minimum Gasteiger partial charge on any atom is -0.406 e. The number of sulfonamides is 1. The first-order chi connectivity index (χ1) is 15.0. The molecule has 0 unspecified atom stereocenters. The average molecular weight is 493 g/mol. The van der Waals surface area contributed by atoms with E-state index in [-0.39, 0.29) is 35.0 Å². The predicted molar refractivity (Wildman–Crippen MR) is 111 cm³/mol. The summed E-state index contributed by atoms with van der Waals surface area (Å²) in [6.07, 6.45) is -4.55. The number of amides is 1. The van der Waals surface area contributed by atoms with Crippen LogP contribution >= 0.6 is 11.6 Å². The number of aliphatic hydroxyl groups excluding tert-OH is 1. The second-order valence-corrected chi connectivity index (χ2v) is 9.43. The van der Waals surface area contributed by atoms with Gasteiger partial charge in [-0.3, -0.25) is 4.79 Å². The number of nitrogens with zero attached hydrogens (tertiary/aromatic N) is 1. The molecule has 0 bridgehead atoms. The van der Waals surface area contributed by atoms with Gasteiger partial charge in [-0.2, -0.15) is 4.31 Å². The smallest absolute Gasteiger partial charge is 0.406 e. The molecule has 2 aromatic carbocycles. The number of aliphatic hydroxyl groups is 1. The fraction of sp³-hybridized carbons (Fsp3) is 0.350. The predicted octanol–water partition coefficient (Wildman–Crippen LogP) is 3.64. The van der Waals surface area contributed by atoms with Crippen LogP contribution in [0.5, 0.6) is 5.75 Å². The number of halogens is 4. The van der Waals surface area contributed by atoms with Crippen molar-refractivity contribution in [3.63, 3.8) is 0 Å². The number of carbonyl (C=O) groups is 1. The molecule has 7 nitrogen and oxygen atoms in total. The van der Waals surface area contributed by atoms with E-state index >= 15 is 0 Å². The summed E-state index contributed by atoms with van der Waals surface area (Å²) in [6, 6.07) is 9.80. The van der Waals surface area contributed by atoms with Crippen molar-refractivity contribution in [2.45, 2.75) is 30.1 Å². The quantitative estimate of drug-likeness (QED) is 0.642. The minimum atomic E-state index is -4.82. The van der Waals surface area contributed by atoms with Gasteiger partial charge in [0, 0.05) is 24.2 Å². The topological polar surface area (TPSA) is 95.9 Å². The van der Waals surface area contributed by atoms with Crippen LogP contribution in [0.15, 0.2) is 53.4 Å². The number of rotatable bonds is 6. The van der Waals surface area contributed by atoms with Crippen molar-refractivity contribution in [2.24, 2.45) is 5.92 Å². The monoisotopic (exact) mass is 492 g/mol. The van der Waals surface area contributed by atoms with Gasteiger partial charge >= 0.3 is 6.36 Å². The highest BCUT2D eigenvalue weighted by Gasteiger charge is 2.39. The fourth-order valence-electron chi connectivity index (χ4n) is 3.51. The van der Waals surface area contributed by atoms with Crippen LogP contribution in [0, 0.1) is 5.92 Å². The van der Waals surface area contributed by atoms with Gasteiger partial charge in [-0.25, -0.2) is 8.42 Å². The van der Waals surface area contributed by atoms with Gasteiger partial charge in [-0.05, 0) is 49.2 Å². The Morgan fingerprint density at radius 1 is 1.19 bits per heavy atom. The summed E-state index contributed by atoms with van der Waals surface area (Å²) in [4.78, 5) is 12.6. The van der Waals surface area contributed by atoms with Gasteiger partial charge in [0.25, 0.3) is 0 Å². The number of alkyl halides is 3. The van der Waals surface area contributed by atoms with Crippen LogP contribution in [0.3, 0.4) is 0 Å². The molecule has 0 radical (unpaired) electrons. The zero-order valence-electron chi connectivity index (χ0n) is 16.5. The molecule has 1 saturated heterocycles. The molecule has 1 aliphatic rings. The van der Waals surface area contributed by atoms with E-state index in [2.05, 4.69) is 10.1 Å². The van der Waals surface area contributed by atoms with Gasteiger partial charge in [0.15, 0.2) is 0 Å². The molecule has 3 rings (SSSR count). The van der Waals surface area contributed by atoms with Gasteiger partial charge in [-0.15, -0.1) is 13.2 Å². The number of hydrogen-bond donors (Lipinski definition) is 2. The lowest BCUT2D eigenvalue weighted by Gasteiger charge is -2.37.